The molecule has 0 aliphatic rings. The largest absolute Gasteiger partial charge is 0.393 e. The summed E-state index contributed by atoms with van der Waals surface area (Å²) in [7, 11) is 0. The molecular weight excluding hydrogens is 292 g/mol. The van der Waals surface area contributed by atoms with Crippen molar-refractivity contribution >= 4 is 0 Å². The molecular formula is C23H48O. The van der Waals surface area contributed by atoms with Crippen molar-refractivity contribution in [1.29, 1.82) is 0 Å². The van der Waals surface area contributed by atoms with Crippen LogP contribution >= 0.6 is 0 Å². The lowest BCUT2D eigenvalue weighted by molar-refractivity contribution is 0.123. The lowest BCUT2D eigenvalue weighted by Crippen LogP contribution is -2.14. The van der Waals surface area contributed by atoms with Gasteiger partial charge in [0.1, 0.15) is 0 Å². The number of aliphatic hydroxyl groups excluding tert-OH is 1. The highest BCUT2D eigenvalue weighted by Crippen LogP contribution is 2.24. The van der Waals surface area contributed by atoms with E-state index in [2.05, 4.69) is 20.8 Å². The van der Waals surface area contributed by atoms with Crippen LogP contribution in [0.15, 0.2) is 0 Å². The van der Waals surface area contributed by atoms with Crippen LogP contribution in [-0.2, 0) is 0 Å². The van der Waals surface area contributed by atoms with Crippen LogP contribution in [0, 0.1) is 5.92 Å². The summed E-state index contributed by atoms with van der Waals surface area (Å²) in [5.41, 5.74) is 0. The molecule has 0 saturated carbocycles. The van der Waals surface area contributed by atoms with Gasteiger partial charge in [-0.1, -0.05) is 124 Å². The summed E-state index contributed by atoms with van der Waals surface area (Å²) in [5.74, 6) is 0.772. The van der Waals surface area contributed by atoms with Crippen molar-refractivity contribution in [2.75, 3.05) is 0 Å². The second-order valence-corrected chi connectivity index (χ2v) is 8.01. The standard InChI is InChI=1S/C23H48O/c1-4-7-10-13-14-16-19-22(18-15-11-8-5-2)21-23(24)20-17-12-9-6-3/h22-24H,4-21H2,1-3H3. The fourth-order valence-corrected chi connectivity index (χ4v) is 3.76. The van der Waals surface area contributed by atoms with Crippen LogP contribution < -0.4 is 0 Å². The Labute approximate surface area is 154 Å². The third-order valence-corrected chi connectivity index (χ3v) is 5.43. The minimum atomic E-state index is -0.0434. The van der Waals surface area contributed by atoms with Crippen molar-refractivity contribution in [3.8, 4) is 0 Å². The Balaban J connectivity index is 3.92. The van der Waals surface area contributed by atoms with Crippen LogP contribution in [0.1, 0.15) is 136 Å². The maximum atomic E-state index is 10.4. The molecule has 2 unspecified atom stereocenters. The Kier molecular flexibility index (Phi) is 19.3. The molecule has 0 heterocycles. The van der Waals surface area contributed by atoms with Gasteiger partial charge >= 0.3 is 0 Å². The van der Waals surface area contributed by atoms with Gasteiger partial charge in [-0.25, -0.2) is 0 Å². The molecule has 1 N–H and O–H groups in total. The number of rotatable bonds is 19. The summed E-state index contributed by atoms with van der Waals surface area (Å²) in [4.78, 5) is 0. The third kappa shape index (κ3) is 16.8. The minimum absolute atomic E-state index is 0.0434. The van der Waals surface area contributed by atoms with Gasteiger partial charge in [-0.3, -0.25) is 0 Å². The molecule has 0 spiro atoms. The maximum absolute atomic E-state index is 10.4. The highest BCUT2D eigenvalue weighted by Gasteiger charge is 2.14. The van der Waals surface area contributed by atoms with Crippen molar-refractivity contribution < 1.29 is 5.11 Å². The van der Waals surface area contributed by atoms with Gasteiger partial charge in [-0.15, -0.1) is 0 Å². The fraction of sp³-hybridized carbons (Fsp3) is 1.00. The van der Waals surface area contributed by atoms with Gasteiger partial charge in [0, 0.05) is 0 Å². The first kappa shape index (κ1) is 24.0. The van der Waals surface area contributed by atoms with Crippen molar-refractivity contribution in [3.05, 3.63) is 0 Å². The molecule has 2 atom stereocenters. The number of aliphatic hydroxyl groups is 1. The zero-order valence-electron chi connectivity index (χ0n) is 17.3. The van der Waals surface area contributed by atoms with E-state index in [-0.39, 0.29) is 6.10 Å². The SMILES string of the molecule is CCCCCCCCC(CCCCCC)CC(O)CCCCCC. The Morgan fingerprint density at radius 2 is 0.875 bits per heavy atom. The summed E-state index contributed by atoms with van der Waals surface area (Å²) in [5, 5.41) is 10.4. The molecule has 0 aromatic carbocycles. The van der Waals surface area contributed by atoms with Crippen LogP contribution in [0.5, 0.6) is 0 Å². The Morgan fingerprint density at radius 1 is 0.500 bits per heavy atom. The van der Waals surface area contributed by atoms with E-state index in [1.807, 2.05) is 0 Å². The predicted molar refractivity (Wildman–Crippen MR) is 110 cm³/mol. The van der Waals surface area contributed by atoms with Gasteiger partial charge in [0.2, 0.25) is 0 Å². The molecule has 24 heavy (non-hydrogen) atoms. The Hall–Kier alpha value is -0.0400. The zero-order chi connectivity index (χ0) is 17.9. The first-order valence-corrected chi connectivity index (χ1v) is 11.4. The summed E-state index contributed by atoms with van der Waals surface area (Å²) < 4.78 is 0. The summed E-state index contributed by atoms with van der Waals surface area (Å²) in [6.45, 7) is 6.82. The summed E-state index contributed by atoms with van der Waals surface area (Å²) in [6.07, 6.45) is 23.7. The van der Waals surface area contributed by atoms with Crippen LogP contribution in [0.3, 0.4) is 0 Å². The number of hydrogen-bond donors (Lipinski definition) is 1. The molecule has 1 nitrogen and oxygen atoms in total. The van der Waals surface area contributed by atoms with Gasteiger partial charge < -0.3 is 5.11 Å². The second-order valence-electron chi connectivity index (χ2n) is 8.01. The van der Waals surface area contributed by atoms with Gasteiger partial charge in [0.25, 0.3) is 0 Å². The highest BCUT2D eigenvalue weighted by atomic mass is 16.3. The smallest absolute Gasteiger partial charge is 0.0542 e. The highest BCUT2D eigenvalue weighted by molar-refractivity contribution is 4.67. The molecule has 0 aliphatic carbocycles. The minimum Gasteiger partial charge on any atom is -0.393 e. The van der Waals surface area contributed by atoms with Gasteiger partial charge in [0.05, 0.1) is 6.10 Å². The zero-order valence-corrected chi connectivity index (χ0v) is 17.3. The van der Waals surface area contributed by atoms with Gasteiger partial charge in [-0.2, -0.15) is 0 Å². The third-order valence-electron chi connectivity index (χ3n) is 5.43. The fourth-order valence-electron chi connectivity index (χ4n) is 3.76. The molecule has 1 heteroatoms. The molecule has 0 bridgehead atoms. The van der Waals surface area contributed by atoms with E-state index in [4.69, 9.17) is 0 Å². The summed E-state index contributed by atoms with van der Waals surface area (Å²) >= 11 is 0. The van der Waals surface area contributed by atoms with E-state index < -0.39 is 0 Å². The quantitative estimate of drug-likeness (QED) is 0.236. The average Bonchev–Trinajstić information content (AvgIpc) is 2.58. The second kappa shape index (κ2) is 19.3. The first-order valence-electron chi connectivity index (χ1n) is 11.4. The topological polar surface area (TPSA) is 20.2 Å². The average molecular weight is 341 g/mol. The molecule has 0 amide bonds. The van der Waals surface area contributed by atoms with Crippen LogP contribution in [0.4, 0.5) is 0 Å². The number of unbranched alkanes of at least 4 members (excludes halogenated alkanes) is 11. The molecule has 0 aromatic rings. The van der Waals surface area contributed by atoms with E-state index in [9.17, 15) is 5.11 Å². The molecule has 0 aromatic heterocycles. The number of hydrogen-bond acceptors (Lipinski definition) is 1. The van der Waals surface area contributed by atoms with Crippen molar-refractivity contribution in [3.63, 3.8) is 0 Å². The molecule has 0 rings (SSSR count). The van der Waals surface area contributed by atoms with Crippen molar-refractivity contribution in [2.45, 2.75) is 142 Å². The first-order chi connectivity index (χ1) is 11.7. The lowest BCUT2D eigenvalue weighted by Gasteiger charge is -2.20. The van der Waals surface area contributed by atoms with Crippen molar-refractivity contribution in [1.82, 2.24) is 0 Å². The molecule has 0 saturated heterocycles. The normalized spacial score (nSPS) is 14.0. The predicted octanol–water partition coefficient (Wildman–Crippen LogP) is 8.05. The van der Waals surface area contributed by atoms with Crippen LogP contribution in [-0.4, -0.2) is 11.2 Å². The summed E-state index contributed by atoms with van der Waals surface area (Å²) in [6, 6.07) is 0. The van der Waals surface area contributed by atoms with E-state index in [1.54, 1.807) is 0 Å². The molecule has 0 aliphatic heterocycles. The Morgan fingerprint density at radius 3 is 1.38 bits per heavy atom. The van der Waals surface area contributed by atoms with Crippen LogP contribution in [0.25, 0.3) is 0 Å². The van der Waals surface area contributed by atoms with E-state index in [0.29, 0.717) is 0 Å². The lowest BCUT2D eigenvalue weighted by atomic mass is 9.88. The van der Waals surface area contributed by atoms with Gasteiger partial charge in [0.15, 0.2) is 0 Å². The monoisotopic (exact) mass is 340 g/mol. The van der Waals surface area contributed by atoms with Crippen LogP contribution in [0.2, 0.25) is 0 Å². The van der Waals surface area contributed by atoms with Crippen molar-refractivity contribution in [2.24, 2.45) is 5.92 Å². The molecule has 146 valence electrons. The van der Waals surface area contributed by atoms with E-state index in [0.717, 1.165) is 18.8 Å². The van der Waals surface area contributed by atoms with Gasteiger partial charge in [-0.05, 0) is 18.8 Å². The van der Waals surface area contributed by atoms with E-state index >= 15 is 0 Å². The molecule has 0 radical (unpaired) electrons. The molecule has 0 fully saturated rings. The maximum Gasteiger partial charge on any atom is 0.0542 e. The van der Waals surface area contributed by atoms with E-state index in [1.165, 1.54) is 103 Å². The Bertz CT molecular complexity index is 226.